The second kappa shape index (κ2) is 6.08. The molecule has 21 heavy (non-hydrogen) atoms. The lowest BCUT2D eigenvalue weighted by Crippen LogP contribution is -2.36. The minimum atomic E-state index is 0.195. The van der Waals surface area contributed by atoms with Gasteiger partial charge in [-0.3, -0.25) is 9.78 Å². The zero-order chi connectivity index (χ0) is 14.7. The fraction of sp³-hybridized carbons (Fsp3) is 0.333. The number of aromatic nitrogens is 1. The molecule has 0 aliphatic carbocycles. The molecule has 2 aromatic rings. The molecule has 0 N–H and O–H groups in total. The second-order valence-electron chi connectivity index (χ2n) is 5.67. The first-order valence-electron chi connectivity index (χ1n) is 7.54. The van der Waals surface area contributed by atoms with Gasteiger partial charge in [-0.25, -0.2) is 0 Å². The smallest absolute Gasteiger partial charge is 0.227 e. The highest BCUT2D eigenvalue weighted by Crippen LogP contribution is 2.29. The summed E-state index contributed by atoms with van der Waals surface area (Å²) in [5.41, 5.74) is 3.49. The van der Waals surface area contributed by atoms with Crippen molar-refractivity contribution in [1.29, 1.82) is 0 Å². The van der Waals surface area contributed by atoms with E-state index in [9.17, 15) is 4.79 Å². The highest BCUT2D eigenvalue weighted by Gasteiger charge is 2.23. The number of aryl methyl sites for hydroxylation is 1. The van der Waals surface area contributed by atoms with Crippen LogP contribution >= 0.6 is 0 Å². The van der Waals surface area contributed by atoms with E-state index >= 15 is 0 Å². The van der Waals surface area contributed by atoms with Gasteiger partial charge < -0.3 is 4.90 Å². The SMILES string of the molecule is CC(CC(=O)N1CCCc2ccccc21)c1cccnc1. The number of nitrogens with zero attached hydrogens (tertiary/aromatic N) is 2. The van der Waals surface area contributed by atoms with E-state index in [1.54, 1.807) is 6.20 Å². The third-order valence-electron chi connectivity index (χ3n) is 4.15. The number of fused-ring (bicyclic) bond motifs is 1. The molecular formula is C18H20N2O. The van der Waals surface area contributed by atoms with Crippen molar-refractivity contribution >= 4 is 11.6 Å². The number of hydrogen-bond acceptors (Lipinski definition) is 2. The van der Waals surface area contributed by atoms with Crippen LogP contribution in [-0.4, -0.2) is 17.4 Å². The van der Waals surface area contributed by atoms with Gasteiger partial charge in [-0.2, -0.15) is 0 Å². The number of pyridine rings is 1. The zero-order valence-electron chi connectivity index (χ0n) is 12.3. The Labute approximate surface area is 125 Å². The van der Waals surface area contributed by atoms with E-state index in [0.29, 0.717) is 6.42 Å². The van der Waals surface area contributed by atoms with Gasteiger partial charge in [0, 0.05) is 31.0 Å². The highest BCUT2D eigenvalue weighted by atomic mass is 16.2. The molecule has 1 aliphatic rings. The maximum absolute atomic E-state index is 12.7. The van der Waals surface area contributed by atoms with Gasteiger partial charge in [-0.05, 0) is 42.0 Å². The van der Waals surface area contributed by atoms with Gasteiger partial charge in [0.25, 0.3) is 0 Å². The van der Waals surface area contributed by atoms with Crippen LogP contribution < -0.4 is 4.90 Å². The Bertz CT molecular complexity index is 624. The van der Waals surface area contributed by atoms with E-state index in [-0.39, 0.29) is 11.8 Å². The first-order valence-corrected chi connectivity index (χ1v) is 7.54. The summed E-state index contributed by atoms with van der Waals surface area (Å²) in [5.74, 6) is 0.402. The summed E-state index contributed by atoms with van der Waals surface area (Å²) in [4.78, 5) is 18.7. The lowest BCUT2D eigenvalue weighted by Gasteiger charge is -2.30. The maximum atomic E-state index is 12.7. The lowest BCUT2D eigenvalue weighted by molar-refractivity contribution is -0.119. The molecule has 0 fully saturated rings. The van der Waals surface area contributed by atoms with Gasteiger partial charge in [0.1, 0.15) is 0 Å². The van der Waals surface area contributed by atoms with Crippen LogP contribution in [0.1, 0.15) is 36.8 Å². The summed E-state index contributed by atoms with van der Waals surface area (Å²) < 4.78 is 0. The maximum Gasteiger partial charge on any atom is 0.227 e. The highest BCUT2D eigenvalue weighted by molar-refractivity contribution is 5.95. The molecule has 0 bridgehead atoms. The minimum Gasteiger partial charge on any atom is -0.312 e. The number of benzene rings is 1. The molecular weight excluding hydrogens is 260 g/mol. The Kier molecular flexibility index (Phi) is 4.00. The van der Waals surface area contributed by atoms with Crippen LogP contribution in [0.3, 0.4) is 0 Å². The monoisotopic (exact) mass is 280 g/mol. The molecule has 1 aromatic heterocycles. The number of hydrogen-bond donors (Lipinski definition) is 0. The summed E-state index contributed by atoms with van der Waals surface area (Å²) in [7, 11) is 0. The number of amides is 1. The van der Waals surface area contributed by atoms with Crippen molar-refractivity contribution in [3.63, 3.8) is 0 Å². The predicted octanol–water partition coefficient (Wildman–Crippen LogP) is 3.55. The van der Waals surface area contributed by atoms with Crippen molar-refractivity contribution < 1.29 is 4.79 Å². The van der Waals surface area contributed by atoms with Crippen LogP contribution in [0.2, 0.25) is 0 Å². The van der Waals surface area contributed by atoms with Gasteiger partial charge in [0.15, 0.2) is 0 Å². The topological polar surface area (TPSA) is 33.2 Å². The molecule has 0 saturated heterocycles. The number of rotatable bonds is 3. The van der Waals surface area contributed by atoms with Gasteiger partial charge in [0.2, 0.25) is 5.91 Å². The van der Waals surface area contributed by atoms with Crippen LogP contribution in [0, 0.1) is 0 Å². The average molecular weight is 280 g/mol. The molecule has 1 aliphatic heterocycles. The molecule has 108 valence electrons. The molecule has 1 atom stereocenters. The van der Waals surface area contributed by atoms with Crippen molar-refractivity contribution in [2.45, 2.75) is 32.1 Å². The van der Waals surface area contributed by atoms with E-state index in [4.69, 9.17) is 0 Å². The van der Waals surface area contributed by atoms with Gasteiger partial charge in [-0.15, -0.1) is 0 Å². The minimum absolute atomic E-state index is 0.195. The first-order chi connectivity index (χ1) is 10.3. The van der Waals surface area contributed by atoms with Gasteiger partial charge in [0.05, 0.1) is 0 Å². The molecule has 2 heterocycles. The van der Waals surface area contributed by atoms with Crippen LogP contribution in [-0.2, 0) is 11.2 Å². The van der Waals surface area contributed by atoms with Crippen molar-refractivity contribution in [3.8, 4) is 0 Å². The fourth-order valence-corrected chi connectivity index (χ4v) is 2.95. The molecule has 3 heteroatoms. The van der Waals surface area contributed by atoms with Crippen molar-refractivity contribution in [3.05, 3.63) is 59.9 Å². The molecule has 3 nitrogen and oxygen atoms in total. The van der Waals surface area contributed by atoms with Crippen LogP contribution in [0.15, 0.2) is 48.8 Å². The van der Waals surface area contributed by atoms with Crippen molar-refractivity contribution in [2.24, 2.45) is 0 Å². The number of carbonyl (C=O) groups excluding carboxylic acids is 1. The van der Waals surface area contributed by atoms with E-state index in [0.717, 1.165) is 30.6 Å². The quantitative estimate of drug-likeness (QED) is 0.861. The standard InChI is InChI=1S/C18H20N2O/c1-14(16-7-4-10-19-13-16)12-18(21)20-11-5-8-15-6-2-3-9-17(15)20/h2-4,6-7,9-10,13-14H,5,8,11-12H2,1H3. The first kappa shape index (κ1) is 13.8. The second-order valence-corrected chi connectivity index (χ2v) is 5.67. The Morgan fingerprint density at radius 3 is 2.95 bits per heavy atom. The van der Waals surface area contributed by atoms with Crippen molar-refractivity contribution in [2.75, 3.05) is 11.4 Å². The predicted molar refractivity (Wildman–Crippen MR) is 84.4 cm³/mol. The summed E-state index contributed by atoms with van der Waals surface area (Å²) >= 11 is 0. The van der Waals surface area contributed by atoms with Crippen LogP contribution in [0.25, 0.3) is 0 Å². The molecule has 1 unspecified atom stereocenters. The largest absolute Gasteiger partial charge is 0.312 e. The van der Waals surface area contributed by atoms with E-state index in [1.807, 2.05) is 35.4 Å². The third-order valence-corrected chi connectivity index (χ3v) is 4.15. The third kappa shape index (κ3) is 2.97. The fourth-order valence-electron chi connectivity index (χ4n) is 2.95. The molecule has 1 aromatic carbocycles. The Hall–Kier alpha value is -2.16. The van der Waals surface area contributed by atoms with E-state index in [2.05, 4.69) is 24.0 Å². The molecule has 0 spiro atoms. The summed E-state index contributed by atoms with van der Waals surface area (Å²) in [5, 5.41) is 0. The summed E-state index contributed by atoms with van der Waals surface area (Å²) in [6.45, 7) is 2.92. The lowest BCUT2D eigenvalue weighted by atomic mass is 9.97. The summed E-state index contributed by atoms with van der Waals surface area (Å²) in [6.07, 6.45) is 6.25. The van der Waals surface area contributed by atoms with Crippen LogP contribution in [0.4, 0.5) is 5.69 Å². The number of anilines is 1. The van der Waals surface area contributed by atoms with Gasteiger partial charge >= 0.3 is 0 Å². The molecule has 3 rings (SSSR count). The Morgan fingerprint density at radius 1 is 1.29 bits per heavy atom. The van der Waals surface area contributed by atoms with E-state index in [1.165, 1.54) is 5.56 Å². The number of carbonyl (C=O) groups is 1. The number of para-hydroxylation sites is 1. The molecule has 0 radical (unpaired) electrons. The molecule has 0 saturated carbocycles. The van der Waals surface area contributed by atoms with Gasteiger partial charge in [-0.1, -0.05) is 31.2 Å². The normalized spacial score (nSPS) is 15.4. The van der Waals surface area contributed by atoms with Crippen LogP contribution in [0.5, 0.6) is 0 Å². The van der Waals surface area contributed by atoms with Crippen molar-refractivity contribution in [1.82, 2.24) is 4.98 Å². The zero-order valence-corrected chi connectivity index (χ0v) is 12.3. The average Bonchev–Trinajstić information content (AvgIpc) is 2.55. The Morgan fingerprint density at radius 2 is 2.14 bits per heavy atom. The molecule has 1 amide bonds. The Balaban J connectivity index is 1.75. The summed E-state index contributed by atoms with van der Waals surface area (Å²) in [6, 6.07) is 12.2. The van der Waals surface area contributed by atoms with E-state index < -0.39 is 0 Å².